The summed E-state index contributed by atoms with van der Waals surface area (Å²) in [5.41, 5.74) is 3.01. The van der Waals surface area contributed by atoms with E-state index in [9.17, 15) is 14.7 Å². The van der Waals surface area contributed by atoms with Crippen LogP contribution in [0.2, 0.25) is 0 Å². The highest BCUT2D eigenvalue weighted by atomic mass is 16.5. The van der Waals surface area contributed by atoms with Gasteiger partial charge in [0.1, 0.15) is 24.2 Å². The molecule has 2 aromatic carbocycles. The van der Waals surface area contributed by atoms with Crippen molar-refractivity contribution >= 4 is 23.3 Å². The number of ether oxygens (including phenoxy) is 1. The Labute approximate surface area is 174 Å². The van der Waals surface area contributed by atoms with Gasteiger partial charge in [0, 0.05) is 12.0 Å². The first-order valence-electron chi connectivity index (χ1n) is 9.59. The Morgan fingerprint density at radius 3 is 2.63 bits per heavy atom. The molecule has 2 heterocycles. The van der Waals surface area contributed by atoms with Crippen LogP contribution in [-0.4, -0.2) is 33.9 Å². The van der Waals surface area contributed by atoms with Crippen LogP contribution < -0.4 is 10.1 Å². The molecule has 7 nitrogen and oxygen atoms in total. The molecule has 0 spiro atoms. The lowest BCUT2D eigenvalue weighted by Gasteiger charge is -2.32. The third-order valence-electron chi connectivity index (χ3n) is 4.98. The Balaban J connectivity index is 1.55. The zero-order valence-electron chi connectivity index (χ0n) is 16.2. The highest BCUT2D eigenvalue weighted by Crippen LogP contribution is 2.31. The molecule has 0 bridgehead atoms. The van der Waals surface area contributed by atoms with Crippen LogP contribution in [0.3, 0.4) is 0 Å². The third-order valence-corrected chi connectivity index (χ3v) is 4.98. The number of allylic oxidation sites excluding steroid dienone is 1. The van der Waals surface area contributed by atoms with E-state index >= 15 is 0 Å². The van der Waals surface area contributed by atoms with Crippen molar-refractivity contribution in [3.05, 3.63) is 84.0 Å². The highest BCUT2D eigenvalue weighted by Gasteiger charge is 2.40. The van der Waals surface area contributed by atoms with Crippen molar-refractivity contribution in [2.24, 2.45) is 5.10 Å². The van der Waals surface area contributed by atoms with Gasteiger partial charge >= 0.3 is 5.97 Å². The number of carboxylic acids is 1. The van der Waals surface area contributed by atoms with Crippen LogP contribution in [0.25, 0.3) is 5.70 Å². The van der Waals surface area contributed by atoms with E-state index in [0.29, 0.717) is 24.3 Å². The van der Waals surface area contributed by atoms with E-state index in [1.165, 1.54) is 5.01 Å². The summed E-state index contributed by atoms with van der Waals surface area (Å²) in [6, 6.07) is 17.3. The molecule has 1 amide bonds. The molecule has 2 aromatic rings. The van der Waals surface area contributed by atoms with Crippen molar-refractivity contribution in [1.29, 1.82) is 0 Å². The van der Waals surface area contributed by atoms with Crippen LogP contribution in [0.15, 0.2) is 77.9 Å². The average Bonchev–Trinajstić information content (AvgIpc) is 3.20. The fourth-order valence-corrected chi connectivity index (χ4v) is 3.49. The van der Waals surface area contributed by atoms with Gasteiger partial charge in [-0.05, 0) is 41.8 Å². The SMILES string of the molecule is C=CCC1=C(c2ccc(OCc3ccccc3)cc2)NC2CC(C(=O)O)=NN2C1=O. The smallest absolute Gasteiger partial charge is 0.352 e. The van der Waals surface area contributed by atoms with Crippen molar-refractivity contribution in [2.75, 3.05) is 0 Å². The van der Waals surface area contributed by atoms with Crippen LogP contribution in [0.5, 0.6) is 5.75 Å². The largest absolute Gasteiger partial charge is 0.489 e. The second kappa shape index (κ2) is 8.24. The van der Waals surface area contributed by atoms with E-state index in [1.54, 1.807) is 6.08 Å². The molecule has 0 saturated carbocycles. The van der Waals surface area contributed by atoms with Crippen molar-refractivity contribution < 1.29 is 19.4 Å². The van der Waals surface area contributed by atoms with Gasteiger partial charge in [0.2, 0.25) is 0 Å². The molecule has 0 aliphatic carbocycles. The summed E-state index contributed by atoms with van der Waals surface area (Å²) in [6.07, 6.45) is 1.62. The zero-order valence-corrected chi connectivity index (χ0v) is 16.2. The number of hydrazone groups is 1. The molecule has 1 unspecified atom stereocenters. The molecule has 0 aromatic heterocycles. The minimum atomic E-state index is -1.12. The Morgan fingerprint density at radius 2 is 1.97 bits per heavy atom. The number of amides is 1. The summed E-state index contributed by atoms with van der Waals surface area (Å²) in [6.45, 7) is 4.20. The number of rotatable bonds is 7. The summed E-state index contributed by atoms with van der Waals surface area (Å²) < 4.78 is 5.83. The maximum absolute atomic E-state index is 12.9. The van der Waals surface area contributed by atoms with Gasteiger partial charge in [-0.25, -0.2) is 9.80 Å². The molecule has 7 heteroatoms. The molecular weight excluding hydrogens is 382 g/mol. The minimum absolute atomic E-state index is 0.0373. The zero-order chi connectivity index (χ0) is 21.1. The number of benzene rings is 2. The number of aliphatic carboxylic acids is 1. The topological polar surface area (TPSA) is 91.2 Å². The summed E-state index contributed by atoms with van der Waals surface area (Å²) in [4.78, 5) is 24.2. The summed E-state index contributed by atoms with van der Waals surface area (Å²) in [5, 5.41) is 17.7. The minimum Gasteiger partial charge on any atom is -0.489 e. The number of carbonyl (C=O) groups is 2. The first kappa shape index (κ1) is 19.4. The predicted octanol–water partition coefficient (Wildman–Crippen LogP) is 3.16. The van der Waals surface area contributed by atoms with Gasteiger partial charge in [-0.15, -0.1) is 6.58 Å². The van der Waals surface area contributed by atoms with E-state index in [2.05, 4.69) is 17.0 Å². The molecule has 0 fully saturated rings. The molecule has 152 valence electrons. The lowest BCUT2D eigenvalue weighted by atomic mass is 9.99. The lowest BCUT2D eigenvalue weighted by molar-refractivity contribution is -0.130. The van der Waals surface area contributed by atoms with Crippen LogP contribution in [0.1, 0.15) is 24.0 Å². The lowest BCUT2D eigenvalue weighted by Crippen LogP contribution is -2.48. The van der Waals surface area contributed by atoms with E-state index in [-0.39, 0.29) is 18.0 Å². The van der Waals surface area contributed by atoms with Crippen molar-refractivity contribution in [3.8, 4) is 5.75 Å². The predicted molar refractivity (Wildman–Crippen MR) is 112 cm³/mol. The van der Waals surface area contributed by atoms with Crippen LogP contribution in [0, 0.1) is 0 Å². The molecule has 2 aliphatic heterocycles. The fourth-order valence-electron chi connectivity index (χ4n) is 3.49. The number of nitrogens with zero attached hydrogens (tertiary/aromatic N) is 2. The highest BCUT2D eigenvalue weighted by molar-refractivity contribution is 6.36. The molecule has 0 radical (unpaired) electrons. The molecule has 4 rings (SSSR count). The number of hydrogen-bond donors (Lipinski definition) is 2. The van der Waals surface area contributed by atoms with E-state index < -0.39 is 12.1 Å². The van der Waals surface area contributed by atoms with Crippen LogP contribution >= 0.6 is 0 Å². The van der Waals surface area contributed by atoms with Gasteiger partial charge in [0.25, 0.3) is 5.91 Å². The summed E-state index contributed by atoms with van der Waals surface area (Å²) >= 11 is 0. The van der Waals surface area contributed by atoms with Crippen molar-refractivity contribution in [3.63, 3.8) is 0 Å². The first-order valence-corrected chi connectivity index (χ1v) is 9.59. The fraction of sp³-hybridized carbons (Fsp3) is 0.174. The molecule has 1 atom stereocenters. The van der Waals surface area contributed by atoms with Gasteiger partial charge in [-0.1, -0.05) is 36.4 Å². The molecule has 0 saturated heterocycles. The van der Waals surface area contributed by atoms with Gasteiger partial charge in [0.15, 0.2) is 0 Å². The van der Waals surface area contributed by atoms with Crippen LogP contribution in [0.4, 0.5) is 0 Å². The van der Waals surface area contributed by atoms with Crippen molar-refractivity contribution in [2.45, 2.75) is 25.6 Å². The first-order chi connectivity index (χ1) is 14.6. The Kier molecular flexibility index (Phi) is 5.34. The van der Waals surface area contributed by atoms with Crippen LogP contribution in [-0.2, 0) is 16.2 Å². The number of nitrogens with one attached hydrogen (secondary N) is 1. The van der Waals surface area contributed by atoms with E-state index in [4.69, 9.17) is 4.74 Å². The average molecular weight is 403 g/mol. The Bertz CT molecular complexity index is 1040. The molecule has 30 heavy (non-hydrogen) atoms. The Morgan fingerprint density at radius 1 is 1.23 bits per heavy atom. The third kappa shape index (κ3) is 3.82. The standard InChI is InChI=1S/C23H21N3O4/c1-2-6-18-21(24-20-13-19(23(28)29)25-26(20)22(18)27)16-9-11-17(12-10-16)30-14-15-7-4-3-5-8-15/h2-5,7-12,20,24H,1,6,13-14H2,(H,28,29). The normalized spacial score (nSPS) is 17.9. The number of fused-ring (bicyclic) bond motifs is 1. The van der Waals surface area contributed by atoms with Gasteiger partial charge in [0.05, 0.1) is 5.70 Å². The van der Waals surface area contributed by atoms with Gasteiger partial charge in [-0.3, -0.25) is 4.79 Å². The van der Waals surface area contributed by atoms with Gasteiger partial charge < -0.3 is 15.2 Å². The number of carboxylic acid groups (broad SMARTS) is 1. The summed E-state index contributed by atoms with van der Waals surface area (Å²) in [5.74, 6) is -0.713. The monoisotopic (exact) mass is 403 g/mol. The maximum atomic E-state index is 12.9. The van der Waals surface area contributed by atoms with E-state index in [1.807, 2.05) is 54.6 Å². The van der Waals surface area contributed by atoms with Crippen molar-refractivity contribution in [1.82, 2.24) is 10.3 Å². The molecular formula is C23H21N3O4. The molecule has 2 N–H and O–H groups in total. The second-order valence-electron chi connectivity index (χ2n) is 7.01. The summed E-state index contributed by atoms with van der Waals surface area (Å²) in [7, 11) is 0. The Hall–Kier alpha value is -3.87. The number of carbonyl (C=O) groups excluding carboxylic acids is 1. The quantitative estimate of drug-likeness (QED) is 0.693. The van der Waals surface area contributed by atoms with E-state index in [0.717, 1.165) is 16.9 Å². The molecule has 2 aliphatic rings. The maximum Gasteiger partial charge on any atom is 0.352 e. The second-order valence-corrected chi connectivity index (χ2v) is 7.01. The van der Waals surface area contributed by atoms with Gasteiger partial charge in [-0.2, -0.15) is 5.10 Å². The number of hydrogen-bond acceptors (Lipinski definition) is 5.